The molecule has 0 aliphatic carbocycles. The summed E-state index contributed by atoms with van der Waals surface area (Å²) in [6.07, 6.45) is 0.268. The van der Waals surface area contributed by atoms with Gasteiger partial charge >= 0.3 is 0 Å². The van der Waals surface area contributed by atoms with Crippen LogP contribution in [0.25, 0.3) is 0 Å². The van der Waals surface area contributed by atoms with Gasteiger partial charge in [-0.15, -0.1) is 0 Å². The monoisotopic (exact) mass is 496 g/mol. The van der Waals surface area contributed by atoms with Gasteiger partial charge < -0.3 is 15.0 Å². The number of amides is 2. The van der Waals surface area contributed by atoms with E-state index in [9.17, 15) is 14.0 Å². The minimum atomic E-state index is -0.877. The van der Waals surface area contributed by atoms with E-state index in [4.69, 9.17) is 16.3 Å². The molecule has 3 aromatic rings. The molecule has 3 rings (SSSR count). The van der Waals surface area contributed by atoms with Gasteiger partial charge in [-0.3, -0.25) is 9.59 Å². The minimum absolute atomic E-state index is 0.0788. The Kier molecular flexibility index (Phi) is 8.88. The van der Waals surface area contributed by atoms with Gasteiger partial charge in [0, 0.05) is 29.1 Å². The number of benzene rings is 3. The van der Waals surface area contributed by atoms with E-state index in [0.29, 0.717) is 16.3 Å². The van der Waals surface area contributed by atoms with Crippen molar-refractivity contribution in [2.45, 2.75) is 45.3 Å². The zero-order chi connectivity index (χ0) is 25.4. The third kappa shape index (κ3) is 8.11. The van der Waals surface area contributed by atoms with Gasteiger partial charge in [-0.25, -0.2) is 4.39 Å². The molecular formula is C28H30ClFN2O3. The maximum absolute atomic E-state index is 14.6. The second kappa shape index (κ2) is 11.8. The largest absolute Gasteiger partial charge is 0.484 e. The molecule has 0 aliphatic rings. The molecule has 3 aromatic carbocycles. The first kappa shape index (κ1) is 26.2. The van der Waals surface area contributed by atoms with E-state index in [2.05, 4.69) is 5.32 Å². The zero-order valence-corrected chi connectivity index (χ0v) is 20.9. The standard InChI is InChI=1S/C28H30ClFN2O3/c1-28(2,3)31-27(34)25(17-20-9-5-4-6-10-20)32(18-21-11-7-8-12-24(21)30)26(33)19-35-23-15-13-22(29)14-16-23/h4-16,25H,17-19H2,1-3H3,(H,31,34)/t25-/m0/s1. The quantitative estimate of drug-likeness (QED) is 0.430. The summed E-state index contributed by atoms with van der Waals surface area (Å²) in [5.41, 5.74) is 0.680. The summed E-state index contributed by atoms with van der Waals surface area (Å²) in [6, 6.07) is 21.4. The summed E-state index contributed by atoms with van der Waals surface area (Å²) in [5, 5.41) is 3.52. The van der Waals surface area contributed by atoms with Gasteiger partial charge in [-0.05, 0) is 56.7 Å². The average molecular weight is 497 g/mol. The fourth-order valence-corrected chi connectivity index (χ4v) is 3.70. The molecule has 0 spiro atoms. The van der Waals surface area contributed by atoms with Crippen molar-refractivity contribution in [2.24, 2.45) is 0 Å². The van der Waals surface area contributed by atoms with Crippen molar-refractivity contribution in [2.75, 3.05) is 6.61 Å². The summed E-state index contributed by atoms with van der Waals surface area (Å²) < 4.78 is 20.3. The molecule has 35 heavy (non-hydrogen) atoms. The van der Waals surface area contributed by atoms with Crippen molar-refractivity contribution in [3.63, 3.8) is 0 Å². The lowest BCUT2D eigenvalue weighted by molar-refractivity contribution is -0.143. The Balaban J connectivity index is 1.93. The Morgan fingerprint density at radius 2 is 1.60 bits per heavy atom. The van der Waals surface area contributed by atoms with Gasteiger partial charge in [0.2, 0.25) is 5.91 Å². The van der Waals surface area contributed by atoms with E-state index in [1.165, 1.54) is 11.0 Å². The van der Waals surface area contributed by atoms with Crippen molar-refractivity contribution in [1.29, 1.82) is 0 Å². The van der Waals surface area contributed by atoms with Gasteiger partial charge in [0.15, 0.2) is 6.61 Å². The van der Waals surface area contributed by atoms with Crippen LogP contribution in [0.15, 0.2) is 78.9 Å². The molecule has 0 radical (unpaired) electrons. The predicted molar refractivity (Wildman–Crippen MR) is 136 cm³/mol. The SMILES string of the molecule is CC(C)(C)NC(=O)[C@H](Cc1ccccc1)N(Cc1ccccc1F)C(=O)COc1ccc(Cl)cc1. The minimum Gasteiger partial charge on any atom is -0.484 e. The maximum atomic E-state index is 14.6. The second-order valence-corrected chi connectivity index (χ2v) is 9.74. The maximum Gasteiger partial charge on any atom is 0.261 e. The molecule has 2 amide bonds. The van der Waals surface area contributed by atoms with E-state index in [1.54, 1.807) is 42.5 Å². The van der Waals surface area contributed by atoms with Crippen LogP contribution in [0.2, 0.25) is 5.02 Å². The highest BCUT2D eigenvalue weighted by molar-refractivity contribution is 6.30. The molecule has 0 saturated heterocycles. The van der Waals surface area contributed by atoms with Crippen molar-refractivity contribution in [1.82, 2.24) is 10.2 Å². The molecule has 0 saturated carbocycles. The van der Waals surface area contributed by atoms with E-state index in [-0.39, 0.29) is 25.5 Å². The number of nitrogens with zero attached hydrogens (tertiary/aromatic N) is 1. The molecule has 5 nitrogen and oxygen atoms in total. The van der Waals surface area contributed by atoms with Crippen LogP contribution in [0, 0.1) is 5.82 Å². The number of hydrogen-bond donors (Lipinski definition) is 1. The first-order chi connectivity index (χ1) is 16.6. The van der Waals surface area contributed by atoms with Crippen LogP contribution in [0.3, 0.4) is 0 Å². The van der Waals surface area contributed by atoms with Crippen molar-refractivity contribution in [3.05, 3.63) is 101 Å². The smallest absolute Gasteiger partial charge is 0.261 e. The van der Waals surface area contributed by atoms with Crippen molar-refractivity contribution >= 4 is 23.4 Å². The summed E-state index contributed by atoms with van der Waals surface area (Å²) in [6.45, 7) is 5.22. The van der Waals surface area contributed by atoms with Crippen LogP contribution < -0.4 is 10.1 Å². The van der Waals surface area contributed by atoms with Crippen LogP contribution in [-0.4, -0.2) is 34.9 Å². The zero-order valence-electron chi connectivity index (χ0n) is 20.1. The summed E-state index contributed by atoms with van der Waals surface area (Å²) in [7, 11) is 0. The number of rotatable bonds is 9. The third-order valence-electron chi connectivity index (χ3n) is 5.24. The Morgan fingerprint density at radius 1 is 0.971 bits per heavy atom. The highest BCUT2D eigenvalue weighted by atomic mass is 35.5. The molecule has 1 atom stereocenters. The van der Waals surface area contributed by atoms with Gasteiger partial charge in [0.05, 0.1) is 0 Å². The molecule has 0 bridgehead atoms. The van der Waals surface area contributed by atoms with Crippen LogP contribution in [0.5, 0.6) is 5.75 Å². The number of nitrogens with one attached hydrogen (secondary N) is 1. The lowest BCUT2D eigenvalue weighted by Gasteiger charge is -2.33. The van der Waals surface area contributed by atoms with Gasteiger partial charge in [-0.2, -0.15) is 0 Å². The number of carbonyl (C=O) groups is 2. The summed E-state index contributed by atoms with van der Waals surface area (Å²) in [5.74, 6) is -0.739. The van der Waals surface area contributed by atoms with Gasteiger partial charge in [0.25, 0.3) is 5.91 Å². The molecule has 0 aromatic heterocycles. The number of hydrogen-bond acceptors (Lipinski definition) is 3. The molecular weight excluding hydrogens is 467 g/mol. The number of carbonyl (C=O) groups excluding carboxylic acids is 2. The average Bonchev–Trinajstić information content (AvgIpc) is 2.81. The fourth-order valence-electron chi connectivity index (χ4n) is 3.58. The van der Waals surface area contributed by atoms with E-state index < -0.39 is 23.3 Å². The van der Waals surface area contributed by atoms with Crippen molar-refractivity contribution < 1.29 is 18.7 Å². The van der Waals surface area contributed by atoms with Crippen LogP contribution in [0.4, 0.5) is 4.39 Å². The molecule has 7 heteroatoms. The molecule has 0 unspecified atom stereocenters. The van der Waals surface area contributed by atoms with E-state index in [0.717, 1.165) is 5.56 Å². The van der Waals surface area contributed by atoms with Gasteiger partial charge in [-0.1, -0.05) is 60.1 Å². The Morgan fingerprint density at radius 3 is 2.23 bits per heavy atom. The normalized spacial score (nSPS) is 12.0. The second-order valence-electron chi connectivity index (χ2n) is 9.30. The topological polar surface area (TPSA) is 58.6 Å². The lowest BCUT2D eigenvalue weighted by Crippen LogP contribution is -2.55. The molecule has 1 N–H and O–H groups in total. The lowest BCUT2D eigenvalue weighted by atomic mass is 10.0. The van der Waals surface area contributed by atoms with E-state index in [1.807, 2.05) is 51.1 Å². The number of ether oxygens (including phenoxy) is 1. The fraction of sp³-hybridized carbons (Fsp3) is 0.286. The van der Waals surface area contributed by atoms with Crippen LogP contribution in [0.1, 0.15) is 31.9 Å². The first-order valence-corrected chi connectivity index (χ1v) is 11.8. The summed E-state index contributed by atoms with van der Waals surface area (Å²) >= 11 is 5.93. The molecule has 0 fully saturated rings. The Hall–Kier alpha value is -3.38. The summed E-state index contributed by atoms with van der Waals surface area (Å²) in [4.78, 5) is 28.3. The third-order valence-corrected chi connectivity index (χ3v) is 5.50. The predicted octanol–water partition coefficient (Wildman–Crippen LogP) is 5.41. The molecule has 0 aliphatic heterocycles. The van der Waals surface area contributed by atoms with E-state index >= 15 is 0 Å². The highest BCUT2D eigenvalue weighted by Gasteiger charge is 2.32. The Bertz CT molecular complexity index is 1130. The molecule has 184 valence electrons. The van der Waals surface area contributed by atoms with Crippen LogP contribution in [-0.2, 0) is 22.6 Å². The Labute approximate surface area is 210 Å². The van der Waals surface area contributed by atoms with Crippen LogP contribution >= 0.6 is 11.6 Å². The highest BCUT2D eigenvalue weighted by Crippen LogP contribution is 2.19. The molecule has 0 heterocycles. The van der Waals surface area contributed by atoms with Gasteiger partial charge in [0.1, 0.15) is 17.6 Å². The number of halogens is 2. The first-order valence-electron chi connectivity index (χ1n) is 11.4. The van der Waals surface area contributed by atoms with Crippen molar-refractivity contribution in [3.8, 4) is 5.75 Å².